The predicted octanol–water partition coefficient (Wildman–Crippen LogP) is -0.318. The van der Waals surface area contributed by atoms with Crippen LogP contribution in [0.2, 0.25) is 0 Å². The third-order valence-corrected chi connectivity index (χ3v) is 4.10. The summed E-state index contributed by atoms with van der Waals surface area (Å²) in [5, 5.41) is 0.229. The average molecular weight is 228 g/mol. The zero-order valence-electron chi connectivity index (χ0n) is 6.70. The van der Waals surface area contributed by atoms with Crippen molar-refractivity contribution in [1.82, 2.24) is 4.98 Å². The zero-order chi connectivity index (χ0) is 10.3. The highest BCUT2D eigenvalue weighted by Gasteiger charge is 2.07. The molecule has 0 atom stereocenters. The van der Waals surface area contributed by atoms with Gasteiger partial charge in [0, 0.05) is 0 Å². The maximum Gasteiger partial charge on any atom is 0.269 e. The fraction of sp³-hybridized carbons (Fsp3) is 0. The SMILES string of the molecule is NC(=O)c1cc2c(=O)[nH]c(=O)c=2ss1. The molecule has 0 aromatic rings. The maximum atomic E-state index is 11.2. The fourth-order valence-corrected chi connectivity index (χ4v) is 3.22. The molecule has 0 bridgehead atoms. The number of carbonyl (C=O) groups is 1. The third kappa shape index (κ3) is 1.26. The van der Waals surface area contributed by atoms with Gasteiger partial charge in [-0.05, 0) is 6.07 Å². The molecule has 72 valence electrons. The van der Waals surface area contributed by atoms with Gasteiger partial charge < -0.3 is 5.73 Å². The number of hydrogen-bond acceptors (Lipinski definition) is 5. The first kappa shape index (κ1) is 9.10. The highest BCUT2D eigenvalue weighted by Crippen LogP contribution is 2.12. The standard InChI is InChI=1S/C7H4N2O3S2/c8-5(10)3-1-2-4(14-13-3)7(12)9-6(2)11/h1H,(H2,8,10)(H,9,11,12). The molecule has 0 saturated carbocycles. The summed E-state index contributed by atoms with van der Waals surface area (Å²) in [6, 6.07) is 1.35. The second-order valence-electron chi connectivity index (χ2n) is 2.57. The Labute approximate surface area is 83.9 Å². The number of nitrogens with two attached hydrogens (primary N) is 1. The minimum absolute atomic E-state index is 0.229. The van der Waals surface area contributed by atoms with Crippen LogP contribution in [0.3, 0.4) is 0 Å². The lowest BCUT2D eigenvalue weighted by molar-refractivity contribution is 0.100. The Morgan fingerprint density at radius 2 is 2.00 bits per heavy atom. The number of hydrogen-bond donors (Lipinski definition) is 2. The second-order valence-corrected chi connectivity index (χ2v) is 4.75. The minimum Gasteiger partial charge on any atom is -0.365 e. The Bertz CT molecular complexity index is 666. The molecular formula is C7H4N2O3S2. The molecule has 0 saturated heterocycles. The van der Waals surface area contributed by atoms with Gasteiger partial charge in [-0.25, -0.2) is 0 Å². The van der Waals surface area contributed by atoms with Crippen molar-refractivity contribution < 1.29 is 4.79 Å². The van der Waals surface area contributed by atoms with Gasteiger partial charge in [-0.3, -0.25) is 19.4 Å². The normalized spacial score (nSPS) is 10.6. The Balaban J connectivity index is 2.99. The number of amides is 1. The molecule has 5 nitrogen and oxygen atoms in total. The molecule has 2 aliphatic heterocycles. The maximum absolute atomic E-state index is 11.2. The smallest absolute Gasteiger partial charge is 0.269 e. The quantitative estimate of drug-likeness (QED) is 0.655. The van der Waals surface area contributed by atoms with Gasteiger partial charge in [0.25, 0.3) is 17.0 Å². The molecule has 0 aromatic heterocycles. The number of H-pyrrole nitrogens is 1. The average Bonchev–Trinajstić information content (AvgIpc) is 2.42. The van der Waals surface area contributed by atoms with Gasteiger partial charge in [0.15, 0.2) is 0 Å². The van der Waals surface area contributed by atoms with Gasteiger partial charge in [0.05, 0.1) is 5.22 Å². The van der Waals surface area contributed by atoms with Gasteiger partial charge in [0.1, 0.15) is 9.41 Å². The van der Waals surface area contributed by atoms with Gasteiger partial charge in [-0.15, -0.1) is 0 Å². The molecule has 2 aliphatic rings. The van der Waals surface area contributed by atoms with Crippen molar-refractivity contribution in [2.24, 2.45) is 5.73 Å². The Kier molecular flexibility index (Phi) is 1.97. The van der Waals surface area contributed by atoms with E-state index in [-0.39, 0.29) is 10.1 Å². The third-order valence-electron chi connectivity index (χ3n) is 1.66. The van der Waals surface area contributed by atoms with Crippen molar-refractivity contribution in [3.05, 3.63) is 41.4 Å². The summed E-state index contributed by atoms with van der Waals surface area (Å²) < 4.78 is 0.338. The van der Waals surface area contributed by atoms with Crippen LogP contribution in [0.25, 0.3) is 0 Å². The monoisotopic (exact) mass is 228 g/mol. The van der Waals surface area contributed by atoms with E-state index in [0.29, 0.717) is 4.53 Å². The Morgan fingerprint density at radius 3 is 2.64 bits per heavy atom. The first-order valence-electron chi connectivity index (χ1n) is 3.55. The fourth-order valence-electron chi connectivity index (χ4n) is 1.02. The van der Waals surface area contributed by atoms with Gasteiger partial charge in [-0.2, -0.15) is 0 Å². The summed E-state index contributed by atoms with van der Waals surface area (Å²) in [6.07, 6.45) is 0. The molecule has 7 heteroatoms. The summed E-state index contributed by atoms with van der Waals surface area (Å²) in [5.74, 6) is -0.596. The Hall–Kier alpha value is -1.47. The molecule has 14 heavy (non-hydrogen) atoms. The number of primary amides is 1. The van der Waals surface area contributed by atoms with E-state index < -0.39 is 17.0 Å². The van der Waals surface area contributed by atoms with Crippen LogP contribution in [-0.2, 0) is 0 Å². The van der Waals surface area contributed by atoms with Crippen LogP contribution in [0.15, 0.2) is 15.7 Å². The largest absolute Gasteiger partial charge is 0.365 e. The number of carbonyl (C=O) groups excluding carboxylic acids is 1. The van der Waals surface area contributed by atoms with E-state index in [4.69, 9.17) is 5.73 Å². The molecule has 0 aliphatic carbocycles. The van der Waals surface area contributed by atoms with E-state index in [9.17, 15) is 14.4 Å². The zero-order valence-corrected chi connectivity index (χ0v) is 8.33. The molecule has 0 fully saturated rings. The highest BCUT2D eigenvalue weighted by atomic mass is 32.9. The molecule has 0 radical (unpaired) electrons. The molecular weight excluding hydrogens is 224 g/mol. The van der Waals surface area contributed by atoms with Crippen LogP contribution in [0.5, 0.6) is 0 Å². The second kappa shape index (κ2) is 3.03. The molecule has 1 amide bonds. The number of aromatic amines is 1. The number of nitrogens with one attached hydrogen (secondary N) is 1. The lowest BCUT2D eigenvalue weighted by Gasteiger charge is -1.89. The predicted molar refractivity (Wildman–Crippen MR) is 52.9 cm³/mol. The van der Waals surface area contributed by atoms with E-state index in [0.717, 1.165) is 20.7 Å². The van der Waals surface area contributed by atoms with E-state index in [2.05, 4.69) is 4.98 Å². The van der Waals surface area contributed by atoms with Crippen LogP contribution < -0.4 is 16.9 Å². The Morgan fingerprint density at radius 1 is 1.29 bits per heavy atom. The van der Waals surface area contributed by atoms with Crippen molar-refractivity contribution in [2.75, 3.05) is 0 Å². The van der Waals surface area contributed by atoms with Crippen molar-refractivity contribution in [3.8, 4) is 0 Å². The van der Waals surface area contributed by atoms with Gasteiger partial charge in [-0.1, -0.05) is 20.7 Å². The topological polar surface area (TPSA) is 93.0 Å². The van der Waals surface area contributed by atoms with Crippen molar-refractivity contribution >= 4 is 26.6 Å². The van der Waals surface area contributed by atoms with Crippen LogP contribution in [0, 0.1) is 9.75 Å². The first-order valence-corrected chi connectivity index (χ1v) is 5.70. The molecule has 3 N–H and O–H groups in total. The molecule has 2 rings (SSSR count). The van der Waals surface area contributed by atoms with Crippen molar-refractivity contribution in [1.29, 1.82) is 0 Å². The van der Waals surface area contributed by atoms with Crippen molar-refractivity contribution in [3.63, 3.8) is 0 Å². The summed E-state index contributed by atoms with van der Waals surface area (Å²) in [5.41, 5.74) is 4.16. The van der Waals surface area contributed by atoms with Gasteiger partial charge in [0.2, 0.25) is 0 Å². The lowest BCUT2D eigenvalue weighted by Crippen LogP contribution is -2.10. The van der Waals surface area contributed by atoms with E-state index in [1.165, 1.54) is 6.07 Å². The summed E-state index contributed by atoms with van der Waals surface area (Å²) in [4.78, 5) is 35.5. The molecule has 0 spiro atoms. The van der Waals surface area contributed by atoms with Crippen LogP contribution in [0.4, 0.5) is 0 Å². The summed E-state index contributed by atoms with van der Waals surface area (Å²) in [6.45, 7) is 0. The molecule has 2 heterocycles. The van der Waals surface area contributed by atoms with E-state index in [1.807, 2.05) is 0 Å². The van der Waals surface area contributed by atoms with Crippen LogP contribution >= 0.6 is 20.7 Å². The van der Waals surface area contributed by atoms with Crippen molar-refractivity contribution in [2.45, 2.75) is 0 Å². The number of aromatic nitrogens is 1. The molecule has 0 unspecified atom stereocenters. The van der Waals surface area contributed by atoms with Crippen LogP contribution in [-0.4, -0.2) is 10.9 Å². The summed E-state index contributed by atoms with van der Waals surface area (Å²) in [7, 11) is 2.16. The first-order chi connectivity index (χ1) is 6.59. The van der Waals surface area contributed by atoms with Gasteiger partial charge >= 0.3 is 0 Å². The lowest BCUT2D eigenvalue weighted by atomic mass is 10.4. The van der Waals surface area contributed by atoms with E-state index in [1.54, 1.807) is 0 Å². The highest BCUT2D eigenvalue weighted by molar-refractivity contribution is 7.68. The minimum atomic E-state index is -0.596. The number of rotatable bonds is 1. The van der Waals surface area contributed by atoms with E-state index >= 15 is 0 Å². The molecule has 0 aromatic carbocycles. The summed E-state index contributed by atoms with van der Waals surface area (Å²) >= 11 is 0. The van der Waals surface area contributed by atoms with Crippen LogP contribution in [0.1, 0.15) is 9.67 Å².